The molecule has 1 fully saturated rings. The lowest BCUT2D eigenvalue weighted by Crippen LogP contribution is -2.36. The van der Waals surface area contributed by atoms with Gasteiger partial charge in [-0.2, -0.15) is 0 Å². The van der Waals surface area contributed by atoms with Crippen molar-refractivity contribution in [2.75, 3.05) is 36.5 Å². The van der Waals surface area contributed by atoms with Gasteiger partial charge in [0.1, 0.15) is 0 Å². The molecule has 5 rings (SSSR count). The van der Waals surface area contributed by atoms with Crippen LogP contribution in [-0.4, -0.2) is 42.0 Å². The number of alkyl halides is 1. The molecule has 0 radical (unpaired) electrons. The predicted octanol–water partition coefficient (Wildman–Crippen LogP) is 5.22. The number of hydrogen-bond donors (Lipinski definition) is 2. The van der Waals surface area contributed by atoms with Crippen LogP contribution >= 0.6 is 39.5 Å². The molecule has 0 spiro atoms. The topological polar surface area (TPSA) is 74.4 Å². The van der Waals surface area contributed by atoms with Crippen LogP contribution in [0.3, 0.4) is 0 Å². The third kappa shape index (κ3) is 4.87. The number of fused-ring (bicyclic) bond motifs is 2. The number of anilines is 2. The number of ether oxygens (including phenoxy) is 1. The number of rotatable bonds is 4. The molecule has 170 valence electrons. The van der Waals surface area contributed by atoms with Gasteiger partial charge in [0.25, 0.3) is 0 Å². The third-order valence-corrected chi connectivity index (χ3v) is 8.49. The minimum Gasteiger partial charge on any atom is -0.378 e. The van der Waals surface area contributed by atoms with Gasteiger partial charge in [0.05, 0.1) is 23.7 Å². The number of carbonyl (C=O) groups excluding carboxylic acids is 1. The van der Waals surface area contributed by atoms with E-state index in [4.69, 9.17) is 4.74 Å². The number of morpholine rings is 1. The summed E-state index contributed by atoms with van der Waals surface area (Å²) in [4.78, 5) is 34.0. The standard InChI is InChI=1S/C24H22BrN3O3S2/c1-14(25)24(30)26-15-5-6-19-21(11-15)32-20-4-2-3-17(23(20)33-19)18-12-16(13-22(29)27-18)28-7-9-31-10-8-28/h2-6,11-14H,7-10H2,1H3,(H,26,30)(H,27,29). The lowest BCUT2D eigenvalue weighted by atomic mass is 10.1. The van der Waals surface area contributed by atoms with E-state index in [2.05, 4.69) is 49.3 Å². The minimum absolute atomic E-state index is 0.0739. The van der Waals surface area contributed by atoms with Crippen LogP contribution in [0.2, 0.25) is 0 Å². The molecule has 1 amide bonds. The highest BCUT2D eigenvalue weighted by Crippen LogP contribution is 2.52. The zero-order valence-electron chi connectivity index (χ0n) is 17.9. The number of nitrogens with one attached hydrogen (secondary N) is 2. The fourth-order valence-corrected chi connectivity index (χ4v) is 6.34. The number of H-pyrrole nitrogens is 1. The average molecular weight is 544 g/mol. The quantitative estimate of drug-likeness (QED) is 0.344. The smallest absolute Gasteiger partial charge is 0.250 e. The molecule has 3 heterocycles. The molecule has 1 unspecified atom stereocenters. The van der Waals surface area contributed by atoms with E-state index >= 15 is 0 Å². The monoisotopic (exact) mass is 543 g/mol. The van der Waals surface area contributed by atoms with Gasteiger partial charge in [-0.15, -0.1) is 0 Å². The summed E-state index contributed by atoms with van der Waals surface area (Å²) in [5, 5.41) is 2.93. The molecule has 1 aromatic heterocycles. The van der Waals surface area contributed by atoms with Crippen molar-refractivity contribution in [3.8, 4) is 11.3 Å². The Morgan fingerprint density at radius 3 is 2.70 bits per heavy atom. The van der Waals surface area contributed by atoms with Crippen molar-refractivity contribution in [2.24, 2.45) is 0 Å². The maximum Gasteiger partial charge on any atom is 0.250 e. The molecule has 2 N–H and O–H groups in total. The second kappa shape index (κ2) is 9.58. The van der Waals surface area contributed by atoms with Gasteiger partial charge in [-0.05, 0) is 37.3 Å². The Hall–Kier alpha value is -2.20. The van der Waals surface area contributed by atoms with E-state index in [1.807, 2.05) is 24.3 Å². The van der Waals surface area contributed by atoms with E-state index in [0.717, 1.165) is 55.3 Å². The molecular formula is C24H22BrN3O3S2. The number of carbonyl (C=O) groups is 1. The summed E-state index contributed by atoms with van der Waals surface area (Å²) in [5.41, 5.74) is 3.41. The molecule has 2 aromatic carbocycles. The van der Waals surface area contributed by atoms with Crippen molar-refractivity contribution in [1.29, 1.82) is 0 Å². The number of pyridine rings is 1. The predicted molar refractivity (Wildman–Crippen MR) is 137 cm³/mol. The molecule has 6 nitrogen and oxygen atoms in total. The van der Waals surface area contributed by atoms with Crippen LogP contribution in [0.5, 0.6) is 0 Å². The van der Waals surface area contributed by atoms with Gasteiger partial charge in [0.15, 0.2) is 0 Å². The van der Waals surface area contributed by atoms with Gasteiger partial charge in [-0.25, -0.2) is 0 Å². The number of benzene rings is 2. The normalized spacial score (nSPS) is 16.0. The maximum absolute atomic E-state index is 12.5. The fourth-order valence-electron chi connectivity index (χ4n) is 3.81. The van der Waals surface area contributed by atoms with Crippen LogP contribution in [0.1, 0.15) is 6.92 Å². The first kappa shape index (κ1) is 22.6. The SMILES string of the molecule is CC(Br)C(=O)Nc1ccc2c(c1)Sc1cccc(-c3cc(N4CCOCC4)cc(=O)[nH]3)c1S2. The first-order valence-corrected chi connectivity index (χ1v) is 13.2. The molecule has 9 heteroatoms. The van der Waals surface area contributed by atoms with E-state index in [1.54, 1.807) is 36.5 Å². The average Bonchev–Trinajstić information content (AvgIpc) is 2.82. The number of hydrogen-bond acceptors (Lipinski definition) is 6. The lowest BCUT2D eigenvalue weighted by molar-refractivity contribution is -0.115. The third-order valence-electron chi connectivity index (χ3n) is 5.48. The maximum atomic E-state index is 12.5. The molecule has 3 aromatic rings. The fraction of sp³-hybridized carbons (Fsp3) is 0.250. The lowest BCUT2D eigenvalue weighted by Gasteiger charge is -2.29. The molecule has 1 saturated heterocycles. The number of amides is 1. The highest BCUT2D eigenvalue weighted by molar-refractivity contribution is 9.10. The van der Waals surface area contributed by atoms with E-state index in [9.17, 15) is 9.59 Å². The van der Waals surface area contributed by atoms with Gasteiger partial charge >= 0.3 is 0 Å². The number of aromatic amines is 1. The van der Waals surface area contributed by atoms with Gasteiger partial charge in [-0.1, -0.05) is 51.6 Å². The van der Waals surface area contributed by atoms with E-state index in [0.29, 0.717) is 13.2 Å². The largest absolute Gasteiger partial charge is 0.378 e. The molecule has 0 aliphatic carbocycles. The van der Waals surface area contributed by atoms with Crippen molar-refractivity contribution in [2.45, 2.75) is 31.3 Å². The first-order chi connectivity index (χ1) is 16.0. The highest BCUT2D eigenvalue weighted by Gasteiger charge is 2.22. The van der Waals surface area contributed by atoms with Crippen LogP contribution in [0.25, 0.3) is 11.3 Å². The second-order valence-electron chi connectivity index (χ2n) is 7.82. The summed E-state index contributed by atoms with van der Waals surface area (Å²) >= 11 is 6.66. The Morgan fingerprint density at radius 2 is 1.91 bits per heavy atom. The van der Waals surface area contributed by atoms with Gasteiger partial charge in [0.2, 0.25) is 11.5 Å². The molecular weight excluding hydrogens is 522 g/mol. The van der Waals surface area contributed by atoms with E-state index in [1.165, 1.54) is 0 Å². The molecule has 2 aliphatic heterocycles. The molecule has 1 atom stereocenters. The van der Waals surface area contributed by atoms with Crippen molar-refractivity contribution < 1.29 is 9.53 Å². The number of aromatic nitrogens is 1. The highest BCUT2D eigenvalue weighted by atomic mass is 79.9. The zero-order chi connectivity index (χ0) is 22.9. The molecule has 2 aliphatic rings. The molecule has 33 heavy (non-hydrogen) atoms. The van der Waals surface area contributed by atoms with Crippen LogP contribution in [0.15, 0.2) is 72.9 Å². The Labute approximate surface area is 208 Å². The van der Waals surface area contributed by atoms with Gasteiger partial charge < -0.3 is 19.9 Å². The van der Waals surface area contributed by atoms with Crippen molar-refractivity contribution >= 4 is 56.7 Å². The first-order valence-electron chi connectivity index (χ1n) is 10.6. The van der Waals surface area contributed by atoms with E-state index in [-0.39, 0.29) is 16.3 Å². The summed E-state index contributed by atoms with van der Waals surface area (Å²) in [6.07, 6.45) is 0. The number of halogens is 1. The van der Waals surface area contributed by atoms with Crippen molar-refractivity contribution in [3.05, 3.63) is 58.9 Å². The Morgan fingerprint density at radius 1 is 1.09 bits per heavy atom. The Bertz CT molecular complexity index is 1270. The summed E-state index contributed by atoms with van der Waals surface area (Å²) in [6, 6.07) is 15.9. The summed E-state index contributed by atoms with van der Waals surface area (Å²) in [5.74, 6) is -0.0739. The minimum atomic E-state index is -0.255. The van der Waals surface area contributed by atoms with Crippen LogP contribution in [-0.2, 0) is 9.53 Å². The van der Waals surface area contributed by atoms with Crippen molar-refractivity contribution in [1.82, 2.24) is 4.98 Å². The van der Waals surface area contributed by atoms with Gasteiger partial charge in [0, 0.05) is 55.7 Å². The van der Waals surface area contributed by atoms with Crippen LogP contribution in [0.4, 0.5) is 11.4 Å². The second-order valence-corrected chi connectivity index (χ2v) is 11.3. The van der Waals surface area contributed by atoms with Crippen LogP contribution in [0, 0.1) is 0 Å². The Kier molecular flexibility index (Phi) is 6.56. The Balaban J connectivity index is 1.47. The molecule has 0 bridgehead atoms. The van der Waals surface area contributed by atoms with E-state index < -0.39 is 0 Å². The number of nitrogens with zero attached hydrogens (tertiary/aromatic N) is 1. The summed E-state index contributed by atoms with van der Waals surface area (Å²) in [6.45, 7) is 4.70. The van der Waals surface area contributed by atoms with Crippen LogP contribution < -0.4 is 15.8 Å². The molecule has 0 saturated carbocycles. The summed E-state index contributed by atoms with van der Waals surface area (Å²) in [7, 11) is 0. The summed E-state index contributed by atoms with van der Waals surface area (Å²) < 4.78 is 5.46. The zero-order valence-corrected chi connectivity index (χ0v) is 21.1. The van der Waals surface area contributed by atoms with Crippen molar-refractivity contribution in [3.63, 3.8) is 0 Å². The van der Waals surface area contributed by atoms with Gasteiger partial charge in [-0.3, -0.25) is 9.59 Å².